The van der Waals surface area contributed by atoms with E-state index in [9.17, 15) is 9.59 Å². The Labute approximate surface area is 149 Å². The van der Waals surface area contributed by atoms with E-state index in [0.29, 0.717) is 15.7 Å². The summed E-state index contributed by atoms with van der Waals surface area (Å²) in [4.78, 5) is 31.7. The molecule has 7 heteroatoms. The molecule has 25 heavy (non-hydrogen) atoms. The number of carbonyl (C=O) groups excluding carboxylic acids is 1. The lowest BCUT2D eigenvalue weighted by molar-refractivity contribution is -0.122. The van der Waals surface area contributed by atoms with Crippen molar-refractivity contribution in [2.24, 2.45) is 0 Å². The number of hydrogen-bond acceptors (Lipinski definition) is 4. The Kier molecular flexibility index (Phi) is 5.04. The fourth-order valence-electron chi connectivity index (χ4n) is 2.66. The number of nitrogens with one attached hydrogen (secondary N) is 2. The normalized spacial score (nSPS) is 12.0. The molecule has 0 saturated heterocycles. The quantitative estimate of drug-likeness (QED) is 0.691. The zero-order chi connectivity index (χ0) is 17.8. The molecule has 2 aromatic heterocycles. The van der Waals surface area contributed by atoms with Crippen LogP contribution < -0.4 is 10.9 Å². The number of fused-ring (bicyclic) bond motifs is 1. The lowest BCUT2D eigenvalue weighted by Gasteiger charge is -2.14. The summed E-state index contributed by atoms with van der Waals surface area (Å²) in [5.74, 6) is -0.140. The molecule has 2 N–H and O–H groups in total. The Morgan fingerprint density at radius 2 is 2.00 bits per heavy atom. The summed E-state index contributed by atoms with van der Waals surface area (Å²) in [6, 6.07) is 10.8. The average molecular weight is 354 g/mol. The standard InChI is InChI=1S/C18H18N4O2S/c1-12(13-6-9-19-10-7-13)20-16(23)8-11-22-17(24)14-4-2-3-5-15(14)21-18(22)25/h2-7,9-10,12H,8,11H2,1H3,(H,20,23)(H,21,25). The van der Waals surface area contributed by atoms with Crippen molar-refractivity contribution in [2.75, 3.05) is 0 Å². The predicted molar refractivity (Wildman–Crippen MR) is 98.8 cm³/mol. The second kappa shape index (κ2) is 7.40. The van der Waals surface area contributed by atoms with Gasteiger partial charge < -0.3 is 10.3 Å². The van der Waals surface area contributed by atoms with Crippen molar-refractivity contribution in [3.63, 3.8) is 0 Å². The number of nitrogens with zero attached hydrogens (tertiary/aromatic N) is 2. The number of rotatable bonds is 5. The van der Waals surface area contributed by atoms with Gasteiger partial charge in [-0.25, -0.2) is 0 Å². The van der Waals surface area contributed by atoms with Crippen LogP contribution in [-0.4, -0.2) is 20.4 Å². The lowest BCUT2D eigenvalue weighted by Crippen LogP contribution is -2.30. The van der Waals surface area contributed by atoms with Crippen molar-refractivity contribution >= 4 is 29.0 Å². The topological polar surface area (TPSA) is 79.8 Å². The molecule has 1 amide bonds. The van der Waals surface area contributed by atoms with Crippen LogP contribution in [0.5, 0.6) is 0 Å². The van der Waals surface area contributed by atoms with Gasteiger partial charge in [-0.3, -0.25) is 19.1 Å². The largest absolute Gasteiger partial charge is 0.350 e. The first-order valence-corrected chi connectivity index (χ1v) is 8.38. The van der Waals surface area contributed by atoms with Gasteiger partial charge in [0, 0.05) is 25.4 Å². The number of para-hydroxylation sites is 1. The third-order valence-corrected chi connectivity index (χ3v) is 4.36. The van der Waals surface area contributed by atoms with E-state index < -0.39 is 0 Å². The van der Waals surface area contributed by atoms with Crippen LogP contribution >= 0.6 is 12.2 Å². The maximum Gasteiger partial charge on any atom is 0.262 e. The minimum atomic E-state index is -0.186. The van der Waals surface area contributed by atoms with Crippen molar-refractivity contribution in [3.05, 3.63) is 69.5 Å². The van der Waals surface area contributed by atoms with Gasteiger partial charge in [0.1, 0.15) is 0 Å². The number of aromatic nitrogens is 3. The van der Waals surface area contributed by atoms with Crippen LogP contribution in [0.1, 0.15) is 24.9 Å². The molecule has 0 spiro atoms. The fraction of sp³-hybridized carbons (Fsp3) is 0.222. The molecule has 128 valence electrons. The molecule has 1 unspecified atom stereocenters. The molecule has 6 nitrogen and oxygen atoms in total. The smallest absolute Gasteiger partial charge is 0.262 e. The van der Waals surface area contributed by atoms with Gasteiger partial charge in [0.05, 0.1) is 16.9 Å². The summed E-state index contributed by atoms with van der Waals surface area (Å²) < 4.78 is 1.74. The van der Waals surface area contributed by atoms with Gasteiger partial charge in [-0.2, -0.15) is 0 Å². The van der Waals surface area contributed by atoms with Crippen LogP contribution in [0, 0.1) is 4.77 Å². The summed E-state index contributed by atoms with van der Waals surface area (Å²) in [7, 11) is 0. The molecule has 0 fully saturated rings. The molecular formula is C18H18N4O2S. The van der Waals surface area contributed by atoms with E-state index in [2.05, 4.69) is 15.3 Å². The summed E-state index contributed by atoms with van der Waals surface area (Å²) in [6.07, 6.45) is 3.54. The molecule has 3 aromatic rings. The number of carbonyl (C=O) groups is 1. The van der Waals surface area contributed by atoms with Gasteiger partial charge in [-0.15, -0.1) is 0 Å². The average Bonchev–Trinajstić information content (AvgIpc) is 2.62. The minimum Gasteiger partial charge on any atom is -0.350 e. The lowest BCUT2D eigenvalue weighted by atomic mass is 10.1. The Morgan fingerprint density at radius 1 is 1.28 bits per heavy atom. The monoisotopic (exact) mass is 354 g/mol. The second-order valence-corrected chi connectivity index (χ2v) is 6.14. The third kappa shape index (κ3) is 3.83. The van der Waals surface area contributed by atoms with Gasteiger partial charge in [0.25, 0.3) is 5.56 Å². The van der Waals surface area contributed by atoms with Gasteiger partial charge in [0.15, 0.2) is 4.77 Å². The van der Waals surface area contributed by atoms with Crippen molar-refractivity contribution in [1.82, 2.24) is 19.9 Å². The highest BCUT2D eigenvalue weighted by Crippen LogP contribution is 2.10. The highest BCUT2D eigenvalue weighted by Gasteiger charge is 2.11. The van der Waals surface area contributed by atoms with Crippen LogP contribution in [-0.2, 0) is 11.3 Å². The molecule has 1 atom stereocenters. The number of pyridine rings is 1. The third-order valence-electron chi connectivity index (χ3n) is 4.04. The van der Waals surface area contributed by atoms with Crippen molar-refractivity contribution < 1.29 is 4.79 Å². The van der Waals surface area contributed by atoms with E-state index in [4.69, 9.17) is 12.2 Å². The zero-order valence-corrected chi connectivity index (χ0v) is 14.5. The highest BCUT2D eigenvalue weighted by atomic mass is 32.1. The predicted octanol–water partition coefficient (Wildman–Crippen LogP) is 2.72. The number of benzene rings is 1. The molecular weight excluding hydrogens is 336 g/mol. The highest BCUT2D eigenvalue weighted by molar-refractivity contribution is 7.71. The summed E-state index contributed by atoms with van der Waals surface area (Å²) >= 11 is 5.25. The molecule has 0 aliphatic rings. The zero-order valence-electron chi connectivity index (χ0n) is 13.7. The Balaban J connectivity index is 1.71. The summed E-state index contributed by atoms with van der Waals surface area (Å²) in [5, 5.41) is 3.47. The minimum absolute atomic E-state index is 0.127. The molecule has 3 rings (SSSR count). The van der Waals surface area contributed by atoms with Gasteiger partial charge >= 0.3 is 0 Å². The molecule has 0 bridgehead atoms. The molecule has 1 aromatic carbocycles. The van der Waals surface area contributed by atoms with E-state index in [1.54, 1.807) is 30.6 Å². The van der Waals surface area contributed by atoms with E-state index in [1.165, 1.54) is 4.57 Å². The van der Waals surface area contributed by atoms with Crippen LogP contribution in [0.4, 0.5) is 0 Å². The Bertz CT molecular complexity index is 1010. The van der Waals surface area contributed by atoms with E-state index >= 15 is 0 Å². The summed E-state index contributed by atoms with van der Waals surface area (Å²) in [6.45, 7) is 2.13. The second-order valence-electron chi connectivity index (χ2n) is 5.75. The van der Waals surface area contributed by atoms with E-state index in [-0.39, 0.29) is 30.5 Å². The first-order chi connectivity index (χ1) is 12.1. The maximum atomic E-state index is 12.5. The number of aromatic amines is 1. The molecule has 2 heterocycles. The number of amides is 1. The van der Waals surface area contributed by atoms with Gasteiger partial charge in [-0.05, 0) is 49.0 Å². The number of hydrogen-bond donors (Lipinski definition) is 2. The Hall–Kier alpha value is -2.80. The maximum absolute atomic E-state index is 12.5. The SMILES string of the molecule is CC(NC(=O)CCn1c(=S)[nH]c2ccccc2c1=O)c1ccncc1. The van der Waals surface area contributed by atoms with Crippen LogP contribution in [0.2, 0.25) is 0 Å². The van der Waals surface area contributed by atoms with Gasteiger partial charge in [0.2, 0.25) is 5.91 Å². The molecule has 0 aliphatic carbocycles. The number of H-pyrrole nitrogens is 1. The first kappa shape index (κ1) is 17.0. The van der Waals surface area contributed by atoms with Crippen molar-refractivity contribution in [2.45, 2.75) is 25.9 Å². The van der Waals surface area contributed by atoms with Crippen molar-refractivity contribution in [3.8, 4) is 0 Å². The van der Waals surface area contributed by atoms with E-state index in [1.807, 2.05) is 25.1 Å². The van der Waals surface area contributed by atoms with Crippen LogP contribution in [0.25, 0.3) is 10.9 Å². The Morgan fingerprint density at radius 3 is 2.76 bits per heavy atom. The van der Waals surface area contributed by atoms with Gasteiger partial charge in [-0.1, -0.05) is 12.1 Å². The molecule has 0 aliphatic heterocycles. The first-order valence-electron chi connectivity index (χ1n) is 7.97. The summed E-state index contributed by atoms with van der Waals surface area (Å²) in [5.41, 5.74) is 1.49. The molecule has 0 radical (unpaired) electrons. The molecule has 0 saturated carbocycles. The van der Waals surface area contributed by atoms with E-state index in [0.717, 1.165) is 5.56 Å². The van der Waals surface area contributed by atoms with Crippen LogP contribution in [0.15, 0.2) is 53.6 Å². The fourth-order valence-corrected chi connectivity index (χ4v) is 2.95. The van der Waals surface area contributed by atoms with Crippen LogP contribution in [0.3, 0.4) is 0 Å². The van der Waals surface area contributed by atoms with Crippen molar-refractivity contribution in [1.29, 1.82) is 0 Å².